The minimum atomic E-state index is -0.665. The molecule has 0 aromatic rings. The predicted molar refractivity (Wildman–Crippen MR) is 86.5 cm³/mol. The summed E-state index contributed by atoms with van der Waals surface area (Å²) in [5, 5.41) is 13.3. The number of nitrogens with one attached hydrogen (secondary N) is 1. The summed E-state index contributed by atoms with van der Waals surface area (Å²) in [6.07, 6.45) is 8.49. The van der Waals surface area contributed by atoms with E-state index in [1.54, 1.807) is 11.8 Å². The molecule has 3 aliphatic rings. The molecule has 1 aliphatic carbocycles. The SMILES string of the molecule is O=C(NC[C@@]1(O)CCSC1)[C@@H]1CCN(C2CCCCC2)C1. The highest BCUT2D eigenvalue weighted by Gasteiger charge is 2.35. The molecule has 1 saturated carbocycles. The van der Waals surface area contributed by atoms with Crippen LogP contribution in [0.1, 0.15) is 44.9 Å². The van der Waals surface area contributed by atoms with Crippen LogP contribution in [0, 0.1) is 5.92 Å². The Labute approximate surface area is 132 Å². The van der Waals surface area contributed by atoms with Gasteiger partial charge in [-0.25, -0.2) is 0 Å². The van der Waals surface area contributed by atoms with Crippen molar-refractivity contribution in [2.24, 2.45) is 5.92 Å². The third-order valence-electron chi connectivity index (χ3n) is 5.36. The summed E-state index contributed by atoms with van der Waals surface area (Å²) >= 11 is 1.77. The average Bonchev–Trinajstić information content (AvgIpc) is 3.16. The zero-order valence-corrected chi connectivity index (χ0v) is 13.7. The van der Waals surface area contributed by atoms with Crippen molar-refractivity contribution >= 4 is 17.7 Å². The molecule has 3 fully saturated rings. The quantitative estimate of drug-likeness (QED) is 0.828. The molecule has 0 spiro atoms. The summed E-state index contributed by atoms with van der Waals surface area (Å²) < 4.78 is 0. The zero-order chi connectivity index (χ0) is 14.7. The van der Waals surface area contributed by atoms with Crippen LogP contribution in [0.5, 0.6) is 0 Å². The summed E-state index contributed by atoms with van der Waals surface area (Å²) in [6, 6.07) is 0.715. The van der Waals surface area contributed by atoms with E-state index in [0.29, 0.717) is 12.6 Å². The van der Waals surface area contributed by atoms with Crippen LogP contribution >= 0.6 is 11.8 Å². The van der Waals surface area contributed by atoms with Crippen molar-refractivity contribution in [2.75, 3.05) is 31.1 Å². The van der Waals surface area contributed by atoms with Crippen molar-refractivity contribution in [3.8, 4) is 0 Å². The van der Waals surface area contributed by atoms with Gasteiger partial charge in [-0.15, -0.1) is 0 Å². The normalized spacial score (nSPS) is 35.2. The molecule has 2 saturated heterocycles. The number of carbonyl (C=O) groups excluding carboxylic acids is 1. The maximum Gasteiger partial charge on any atom is 0.224 e. The molecule has 2 aliphatic heterocycles. The van der Waals surface area contributed by atoms with Crippen LogP contribution in [-0.2, 0) is 4.79 Å². The topological polar surface area (TPSA) is 52.6 Å². The molecule has 0 aromatic carbocycles. The van der Waals surface area contributed by atoms with E-state index in [2.05, 4.69) is 10.2 Å². The smallest absolute Gasteiger partial charge is 0.224 e. The van der Waals surface area contributed by atoms with E-state index in [-0.39, 0.29) is 11.8 Å². The van der Waals surface area contributed by atoms with Crippen molar-refractivity contribution < 1.29 is 9.90 Å². The summed E-state index contributed by atoms with van der Waals surface area (Å²) in [5.74, 6) is 2.04. The van der Waals surface area contributed by atoms with Crippen LogP contribution < -0.4 is 5.32 Å². The minimum absolute atomic E-state index is 0.129. The van der Waals surface area contributed by atoms with Crippen molar-refractivity contribution in [3.63, 3.8) is 0 Å². The Morgan fingerprint density at radius 1 is 1.29 bits per heavy atom. The Bertz CT molecular complexity index is 365. The molecule has 0 radical (unpaired) electrons. The van der Waals surface area contributed by atoms with Gasteiger partial charge in [0.25, 0.3) is 0 Å². The molecular formula is C16H28N2O2S. The molecule has 0 unspecified atom stereocenters. The molecule has 2 atom stereocenters. The van der Waals surface area contributed by atoms with E-state index in [0.717, 1.165) is 37.4 Å². The Balaban J connectivity index is 1.43. The van der Waals surface area contributed by atoms with Crippen molar-refractivity contribution in [2.45, 2.75) is 56.6 Å². The third-order valence-corrected chi connectivity index (χ3v) is 6.59. The predicted octanol–water partition coefficient (Wildman–Crippen LogP) is 1.63. The van der Waals surface area contributed by atoms with Gasteiger partial charge >= 0.3 is 0 Å². The van der Waals surface area contributed by atoms with E-state index >= 15 is 0 Å². The Hall–Kier alpha value is -0.260. The number of hydrogen-bond acceptors (Lipinski definition) is 4. The van der Waals surface area contributed by atoms with E-state index < -0.39 is 5.60 Å². The van der Waals surface area contributed by atoms with Crippen molar-refractivity contribution in [1.82, 2.24) is 10.2 Å². The molecular weight excluding hydrogens is 284 g/mol. The first kappa shape index (κ1) is 15.6. The third kappa shape index (κ3) is 3.93. The molecule has 1 amide bonds. The van der Waals surface area contributed by atoms with Crippen LogP contribution in [0.2, 0.25) is 0 Å². The van der Waals surface area contributed by atoms with Gasteiger partial charge in [0.15, 0.2) is 0 Å². The summed E-state index contributed by atoms with van der Waals surface area (Å²) in [7, 11) is 0. The fraction of sp³-hybridized carbons (Fsp3) is 0.938. The van der Waals surface area contributed by atoms with Gasteiger partial charge in [-0.3, -0.25) is 9.69 Å². The lowest BCUT2D eigenvalue weighted by Gasteiger charge is -2.31. The van der Waals surface area contributed by atoms with Gasteiger partial charge in [-0.2, -0.15) is 11.8 Å². The number of likely N-dealkylation sites (tertiary alicyclic amines) is 1. The second-order valence-corrected chi connectivity index (χ2v) is 8.12. The van der Waals surface area contributed by atoms with Crippen molar-refractivity contribution in [3.05, 3.63) is 0 Å². The second kappa shape index (κ2) is 6.88. The van der Waals surface area contributed by atoms with E-state index in [1.807, 2.05) is 0 Å². The van der Waals surface area contributed by atoms with Crippen molar-refractivity contribution in [1.29, 1.82) is 0 Å². The first-order chi connectivity index (χ1) is 10.2. The van der Waals surface area contributed by atoms with Gasteiger partial charge in [-0.1, -0.05) is 19.3 Å². The molecule has 4 nitrogen and oxygen atoms in total. The highest BCUT2D eigenvalue weighted by molar-refractivity contribution is 7.99. The highest BCUT2D eigenvalue weighted by Crippen LogP contribution is 2.29. The number of hydrogen-bond donors (Lipinski definition) is 2. The van der Waals surface area contributed by atoms with Gasteiger partial charge in [0.05, 0.1) is 11.5 Å². The van der Waals surface area contributed by atoms with Gasteiger partial charge in [-0.05, 0) is 38.0 Å². The lowest BCUT2D eigenvalue weighted by molar-refractivity contribution is -0.125. The van der Waals surface area contributed by atoms with Gasteiger partial charge < -0.3 is 10.4 Å². The van der Waals surface area contributed by atoms with Crippen LogP contribution in [0.3, 0.4) is 0 Å². The van der Waals surface area contributed by atoms with Gasteiger partial charge in [0, 0.05) is 24.9 Å². The summed E-state index contributed by atoms with van der Waals surface area (Å²) in [4.78, 5) is 14.8. The van der Waals surface area contributed by atoms with Gasteiger partial charge in [0.2, 0.25) is 5.91 Å². The second-order valence-electron chi connectivity index (χ2n) is 7.02. The maximum atomic E-state index is 12.3. The number of rotatable bonds is 4. The summed E-state index contributed by atoms with van der Waals surface area (Å²) in [5.41, 5.74) is -0.665. The molecule has 21 heavy (non-hydrogen) atoms. The zero-order valence-electron chi connectivity index (χ0n) is 12.9. The Morgan fingerprint density at radius 3 is 2.81 bits per heavy atom. The molecule has 0 aromatic heterocycles. The lowest BCUT2D eigenvalue weighted by atomic mass is 9.94. The molecule has 0 bridgehead atoms. The number of aliphatic hydroxyl groups is 1. The number of nitrogens with zero attached hydrogens (tertiary/aromatic N) is 1. The van der Waals surface area contributed by atoms with E-state index in [1.165, 1.54) is 32.1 Å². The number of amides is 1. The van der Waals surface area contributed by atoms with Crippen LogP contribution in [0.15, 0.2) is 0 Å². The largest absolute Gasteiger partial charge is 0.387 e. The lowest BCUT2D eigenvalue weighted by Crippen LogP contribution is -2.45. The maximum absolute atomic E-state index is 12.3. The highest BCUT2D eigenvalue weighted by atomic mass is 32.2. The minimum Gasteiger partial charge on any atom is -0.387 e. The molecule has 3 rings (SSSR count). The summed E-state index contributed by atoms with van der Waals surface area (Å²) in [6.45, 7) is 2.42. The molecule has 2 heterocycles. The number of thioether (sulfide) groups is 1. The first-order valence-electron chi connectivity index (χ1n) is 8.48. The average molecular weight is 312 g/mol. The van der Waals surface area contributed by atoms with E-state index in [4.69, 9.17) is 0 Å². The van der Waals surface area contributed by atoms with Gasteiger partial charge in [0.1, 0.15) is 0 Å². The van der Waals surface area contributed by atoms with Crippen LogP contribution in [0.4, 0.5) is 0 Å². The van der Waals surface area contributed by atoms with E-state index in [9.17, 15) is 9.90 Å². The fourth-order valence-corrected chi connectivity index (χ4v) is 5.21. The first-order valence-corrected chi connectivity index (χ1v) is 9.64. The molecule has 2 N–H and O–H groups in total. The Kier molecular flexibility index (Phi) is 5.12. The molecule has 120 valence electrons. The molecule has 5 heteroatoms. The van der Waals surface area contributed by atoms with Crippen LogP contribution in [-0.4, -0.2) is 58.7 Å². The fourth-order valence-electron chi connectivity index (χ4n) is 3.91. The number of carbonyl (C=O) groups is 1. The standard InChI is InChI=1S/C16H28N2O2S/c19-15(17-11-16(20)7-9-21-12-16)13-6-8-18(10-13)14-4-2-1-3-5-14/h13-14,20H,1-12H2,(H,17,19)/t13-,16+/m1/s1. The Morgan fingerprint density at radius 2 is 2.10 bits per heavy atom. The van der Waals surface area contributed by atoms with Crippen LogP contribution in [0.25, 0.3) is 0 Å². The monoisotopic (exact) mass is 312 g/mol.